The summed E-state index contributed by atoms with van der Waals surface area (Å²) in [5.74, 6) is 3.42. The van der Waals surface area contributed by atoms with Crippen LogP contribution in [0.2, 0.25) is 0 Å². The second-order valence-electron chi connectivity index (χ2n) is 8.39. The number of carbonyl (C=O) groups excluding carboxylic acids is 1. The molecule has 4 aromatic rings. The molecule has 0 atom stereocenters. The van der Waals surface area contributed by atoms with E-state index < -0.39 is 0 Å². The molecule has 3 heterocycles. The smallest absolute Gasteiger partial charge is 0.263 e. The van der Waals surface area contributed by atoms with Crippen molar-refractivity contribution in [3.63, 3.8) is 0 Å². The predicted molar refractivity (Wildman–Crippen MR) is 146 cm³/mol. The van der Waals surface area contributed by atoms with Crippen LogP contribution >= 0.6 is 23.1 Å². The summed E-state index contributed by atoms with van der Waals surface area (Å²) in [5.41, 5.74) is 1.55. The molecule has 8 nitrogen and oxygen atoms in total. The van der Waals surface area contributed by atoms with Gasteiger partial charge in [0.15, 0.2) is 16.6 Å². The second-order valence-corrected chi connectivity index (χ2v) is 10.6. The van der Waals surface area contributed by atoms with E-state index in [1.165, 1.54) is 11.3 Å². The van der Waals surface area contributed by atoms with E-state index in [1.54, 1.807) is 25.1 Å². The number of nitrogens with zero attached hydrogens (tertiary/aromatic N) is 3. The number of thioether (sulfide) groups is 1. The minimum atomic E-state index is -0.102. The maximum absolute atomic E-state index is 12.4. The summed E-state index contributed by atoms with van der Waals surface area (Å²) in [6.07, 6.45) is 4.60. The van der Waals surface area contributed by atoms with Gasteiger partial charge in [-0.25, -0.2) is 4.98 Å². The molecule has 1 amide bonds. The van der Waals surface area contributed by atoms with Crippen LogP contribution in [-0.2, 0) is 4.79 Å². The number of pyridine rings is 1. The first-order chi connectivity index (χ1) is 17.5. The van der Waals surface area contributed by atoms with Gasteiger partial charge in [0.2, 0.25) is 0 Å². The molecule has 0 saturated heterocycles. The van der Waals surface area contributed by atoms with Crippen molar-refractivity contribution in [2.24, 2.45) is 0 Å². The molecule has 0 unspecified atom stereocenters. The van der Waals surface area contributed by atoms with Crippen LogP contribution in [0.25, 0.3) is 21.1 Å². The number of carbonyl (C=O) groups is 1. The highest BCUT2D eigenvalue weighted by molar-refractivity contribution is 8.04. The number of likely N-dealkylation sites (N-methyl/N-ethyl adjacent to an activating group) is 1. The summed E-state index contributed by atoms with van der Waals surface area (Å²) in [6.45, 7) is 1.33. The Labute approximate surface area is 217 Å². The lowest BCUT2D eigenvalue weighted by Crippen LogP contribution is -2.19. The summed E-state index contributed by atoms with van der Waals surface area (Å²) in [7, 11) is 5.62. The molecule has 186 valence electrons. The van der Waals surface area contributed by atoms with Crippen LogP contribution in [0.5, 0.6) is 23.0 Å². The third kappa shape index (κ3) is 5.40. The third-order valence-electron chi connectivity index (χ3n) is 5.52. The third-order valence-corrected chi connectivity index (χ3v) is 7.56. The lowest BCUT2D eigenvalue weighted by molar-refractivity contribution is -0.112. The Balaban J connectivity index is 1.37. The fourth-order valence-corrected chi connectivity index (χ4v) is 5.47. The average Bonchev–Trinajstić information content (AvgIpc) is 3.53. The van der Waals surface area contributed by atoms with Crippen LogP contribution in [-0.4, -0.2) is 60.9 Å². The van der Waals surface area contributed by atoms with Crippen molar-refractivity contribution >= 4 is 55.3 Å². The van der Waals surface area contributed by atoms with Crippen molar-refractivity contribution in [2.75, 3.05) is 45.4 Å². The summed E-state index contributed by atoms with van der Waals surface area (Å²) >= 11 is 2.99. The maximum atomic E-state index is 12.4. The number of aromatic nitrogens is 2. The Morgan fingerprint density at radius 2 is 2.00 bits per heavy atom. The van der Waals surface area contributed by atoms with E-state index in [2.05, 4.69) is 20.2 Å². The van der Waals surface area contributed by atoms with Gasteiger partial charge in [0, 0.05) is 36.0 Å². The zero-order chi connectivity index (χ0) is 25.1. The first-order valence-electron chi connectivity index (χ1n) is 11.5. The lowest BCUT2D eigenvalue weighted by Gasteiger charge is -2.15. The molecule has 2 aromatic heterocycles. The molecule has 0 saturated carbocycles. The van der Waals surface area contributed by atoms with Crippen LogP contribution in [0.3, 0.4) is 0 Å². The van der Waals surface area contributed by atoms with Crippen LogP contribution in [0.4, 0.5) is 5.13 Å². The van der Waals surface area contributed by atoms with Gasteiger partial charge in [-0.15, -0.1) is 11.8 Å². The minimum Gasteiger partial charge on any atom is -0.493 e. The number of hydrogen-bond acceptors (Lipinski definition) is 9. The molecule has 1 aliphatic heterocycles. The van der Waals surface area contributed by atoms with Gasteiger partial charge in [-0.1, -0.05) is 17.4 Å². The number of fused-ring (bicyclic) bond motifs is 2. The number of allylic oxidation sites excluding steroid dienone is 1. The number of thiazole rings is 1. The minimum absolute atomic E-state index is 0.102. The van der Waals surface area contributed by atoms with Gasteiger partial charge in [0.1, 0.15) is 18.1 Å². The molecule has 36 heavy (non-hydrogen) atoms. The van der Waals surface area contributed by atoms with Crippen molar-refractivity contribution in [3.05, 3.63) is 53.6 Å². The van der Waals surface area contributed by atoms with Crippen molar-refractivity contribution in [3.8, 4) is 23.0 Å². The average molecular weight is 523 g/mol. The second kappa shape index (κ2) is 10.7. The number of hydrogen-bond donors (Lipinski definition) is 1. The van der Waals surface area contributed by atoms with E-state index >= 15 is 0 Å². The number of methoxy groups -OCH3 is 1. The number of benzene rings is 2. The van der Waals surface area contributed by atoms with Gasteiger partial charge < -0.3 is 19.1 Å². The van der Waals surface area contributed by atoms with E-state index in [1.807, 2.05) is 56.6 Å². The number of amides is 1. The highest BCUT2D eigenvalue weighted by Gasteiger charge is 2.17. The molecular weight excluding hydrogens is 496 g/mol. The molecule has 0 fully saturated rings. The van der Waals surface area contributed by atoms with E-state index in [-0.39, 0.29) is 5.91 Å². The number of rotatable bonds is 9. The predicted octanol–water partition coefficient (Wildman–Crippen LogP) is 5.55. The molecule has 10 heteroatoms. The topological polar surface area (TPSA) is 85.8 Å². The lowest BCUT2D eigenvalue weighted by atomic mass is 10.2. The molecule has 0 radical (unpaired) electrons. The summed E-state index contributed by atoms with van der Waals surface area (Å²) in [5, 5.41) is 4.29. The van der Waals surface area contributed by atoms with Crippen molar-refractivity contribution in [2.45, 2.75) is 6.42 Å². The molecule has 2 aromatic carbocycles. The SMILES string of the molecule is COc1cc2c(Oc3ccc4nc(NC(=O)C5=CCCS5)sc4c3)ccnc2cc1OCCN(C)C. The largest absolute Gasteiger partial charge is 0.493 e. The maximum Gasteiger partial charge on any atom is 0.263 e. The van der Waals surface area contributed by atoms with Crippen LogP contribution in [0, 0.1) is 0 Å². The van der Waals surface area contributed by atoms with Gasteiger partial charge in [0.25, 0.3) is 5.91 Å². The molecule has 0 aliphatic carbocycles. The van der Waals surface area contributed by atoms with E-state index in [4.69, 9.17) is 14.2 Å². The number of nitrogens with one attached hydrogen (secondary N) is 1. The Kier molecular flexibility index (Phi) is 7.26. The van der Waals surface area contributed by atoms with Gasteiger partial charge in [-0.3, -0.25) is 15.1 Å². The molecular formula is C26H26N4O4S2. The monoisotopic (exact) mass is 522 g/mol. The van der Waals surface area contributed by atoms with Gasteiger partial charge in [0.05, 0.1) is 27.7 Å². The van der Waals surface area contributed by atoms with Crippen molar-refractivity contribution in [1.29, 1.82) is 0 Å². The Bertz CT molecular complexity index is 1450. The molecule has 0 spiro atoms. The van der Waals surface area contributed by atoms with E-state index in [0.717, 1.165) is 44.7 Å². The highest BCUT2D eigenvalue weighted by atomic mass is 32.2. The Morgan fingerprint density at radius 3 is 2.78 bits per heavy atom. The summed E-state index contributed by atoms with van der Waals surface area (Å²) < 4.78 is 18.7. The number of anilines is 1. The Hall–Kier alpha value is -3.34. The van der Waals surface area contributed by atoms with E-state index in [9.17, 15) is 4.79 Å². The van der Waals surface area contributed by atoms with Gasteiger partial charge in [-0.05, 0) is 44.8 Å². The molecule has 0 bridgehead atoms. The number of ether oxygens (including phenoxy) is 3. The van der Waals surface area contributed by atoms with Gasteiger partial charge in [-0.2, -0.15) is 0 Å². The molecule has 1 N–H and O–H groups in total. The summed E-state index contributed by atoms with van der Waals surface area (Å²) in [6, 6.07) is 11.3. The quantitative estimate of drug-likeness (QED) is 0.306. The molecule has 5 rings (SSSR count). The zero-order valence-electron chi connectivity index (χ0n) is 20.2. The van der Waals surface area contributed by atoms with E-state index in [0.29, 0.717) is 34.7 Å². The standard InChI is InChI=1S/C26H26N4O4S2/c1-30(2)10-11-33-22-15-19-17(14-21(22)32-3)20(8-9-27-19)34-16-6-7-18-24(13-16)36-26(28-18)29-25(31)23-5-4-12-35-23/h5-9,13-15H,4,10-12H2,1-3H3,(H,28,29,31). The zero-order valence-corrected chi connectivity index (χ0v) is 21.9. The summed E-state index contributed by atoms with van der Waals surface area (Å²) in [4.78, 5) is 24.3. The first kappa shape index (κ1) is 24.4. The first-order valence-corrected chi connectivity index (χ1v) is 13.3. The fourth-order valence-electron chi connectivity index (χ4n) is 3.71. The van der Waals surface area contributed by atoms with Crippen molar-refractivity contribution in [1.82, 2.24) is 14.9 Å². The van der Waals surface area contributed by atoms with Gasteiger partial charge >= 0.3 is 0 Å². The Morgan fingerprint density at radius 1 is 1.11 bits per heavy atom. The normalized spacial score (nSPS) is 13.3. The highest BCUT2D eigenvalue weighted by Crippen LogP contribution is 2.38. The van der Waals surface area contributed by atoms with Crippen LogP contribution in [0.1, 0.15) is 6.42 Å². The fraction of sp³-hybridized carbons (Fsp3) is 0.269. The molecule has 1 aliphatic rings. The van der Waals surface area contributed by atoms with Crippen molar-refractivity contribution < 1.29 is 19.0 Å². The van der Waals surface area contributed by atoms with Crippen LogP contribution in [0.15, 0.2) is 53.6 Å². The van der Waals surface area contributed by atoms with Crippen LogP contribution < -0.4 is 19.5 Å².